The average molecular weight is 338 g/mol. The largest absolute Gasteiger partial charge is 0.465 e. The van der Waals surface area contributed by atoms with Crippen LogP contribution in [0, 0.1) is 11.8 Å². The summed E-state index contributed by atoms with van der Waals surface area (Å²) < 4.78 is 17.9. The van der Waals surface area contributed by atoms with Gasteiger partial charge in [0.2, 0.25) is 0 Å². The maximum absolute atomic E-state index is 11.5. The van der Waals surface area contributed by atoms with Crippen LogP contribution in [0.25, 0.3) is 0 Å². The van der Waals surface area contributed by atoms with Gasteiger partial charge in [-0.2, -0.15) is 0 Å². The third-order valence-electron chi connectivity index (χ3n) is 3.75. The van der Waals surface area contributed by atoms with Gasteiger partial charge < -0.3 is 14.2 Å². The number of hydrogen-bond acceptors (Lipinski definition) is 4. The number of cyclic esters (lactones) is 1. The zero-order valence-corrected chi connectivity index (χ0v) is 11.1. The Hall–Kier alpha value is 0.120. The molecule has 90 valence electrons. The summed E-state index contributed by atoms with van der Waals surface area (Å²) in [5.41, 5.74) is 0. The highest BCUT2D eigenvalue weighted by atomic mass is 127. The molecule has 0 aromatic heterocycles. The van der Waals surface area contributed by atoms with E-state index in [-0.39, 0.29) is 36.1 Å². The van der Waals surface area contributed by atoms with E-state index in [0.717, 1.165) is 23.9 Å². The fourth-order valence-electron chi connectivity index (χ4n) is 3.05. The van der Waals surface area contributed by atoms with E-state index in [9.17, 15) is 4.79 Å². The number of carbonyl (C=O) groups excluding carboxylic acids is 1. The summed E-state index contributed by atoms with van der Waals surface area (Å²) in [5, 5.41) is 0. The van der Waals surface area contributed by atoms with E-state index in [1.165, 1.54) is 0 Å². The van der Waals surface area contributed by atoms with Crippen LogP contribution in [0.3, 0.4) is 0 Å². The second kappa shape index (κ2) is 4.42. The van der Waals surface area contributed by atoms with Crippen LogP contribution >= 0.6 is 22.6 Å². The number of halogens is 1. The summed E-state index contributed by atoms with van der Waals surface area (Å²) in [6.45, 7) is 1.32. The van der Waals surface area contributed by atoms with Crippen molar-refractivity contribution >= 4 is 28.6 Å². The van der Waals surface area contributed by atoms with Gasteiger partial charge in [-0.1, -0.05) is 22.6 Å². The smallest absolute Gasteiger partial charge is 0.312 e. The van der Waals surface area contributed by atoms with Crippen molar-refractivity contribution in [2.75, 3.05) is 17.6 Å². The normalized spacial score (nSPS) is 44.8. The maximum Gasteiger partial charge on any atom is 0.312 e. The average Bonchev–Trinajstić information content (AvgIpc) is 2.91. The lowest BCUT2D eigenvalue weighted by Crippen LogP contribution is -2.38. The Morgan fingerprint density at radius 2 is 2.38 bits per heavy atom. The van der Waals surface area contributed by atoms with E-state index in [1.54, 1.807) is 0 Å². The van der Waals surface area contributed by atoms with Crippen molar-refractivity contribution in [1.82, 2.24) is 0 Å². The molecule has 0 aromatic rings. The molecule has 5 atom stereocenters. The van der Waals surface area contributed by atoms with Gasteiger partial charge in [0.1, 0.15) is 0 Å². The summed E-state index contributed by atoms with van der Waals surface area (Å²) >= 11 is 2.35. The molecule has 3 rings (SSSR count). The molecule has 3 aliphatic heterocycles. The van der Waals surface area contributed by atoms with Crippen LogP contribution in [0.2, 0.25) is 0 Å². The second-order valence-corrected chi connectivity index (χ2v) is 5.73. The zero-order chi connectivity index (χ0) is 11.1. The van der Waals surface area contributed by atoms with Gasteiger partial charge in [0, 0.05) is 23.4 Å². The van der Waals surface area contributed by atoms with Crippen LogP contribution in [0.4, 0.5) is 0 Å². The number of ether oxygens (including phenoxy) is 3. The van der Waals surface area contributed by atoms with Gasteiger partial charge >= 0.3 is 5.97 Å². The van der Waals surface area contributed by atoms with E-state index in [4.69, 9.17) is 14.2 Å². The molecule has 16 heavy (non-hydrogen) atoms. The van der Waals surface area contributed by atoms with Crippen molar-refractivity contribution < 1.29 is 19.0 Å². The minimum atomic E-state index is -0.0665. The molecule has 0 radical (unpaired) electrons. The highest BCUT2D eigenvalue weighted by Crippen LogP contribution is 2.48. The molecular weight excluding hydrogens is 323 g/mol. The molecule has 4 nitrogen and oxygen atoms in total. The third-order valence-corrected chi connectivity index (χ3v) is 4.51. The van der Waals surface area contributed by atoms with E-state index in [0.29, 0.717) is 6.61 Å². The molecule has 0 saturated carbocycles. The summed E-state index contributed by atoms with van der Waals surface area (Å²) in [4.78, 5) is 11.5. The molecule has 3 saturated heterocycles. The lowest BCUT2D eigenvalue weighted by molar-refractivity contribution is -0.143. The van der Waals surface area contributed by atoms with Crippen molar-refractivity contribution in [2.24, 2.45) is 11.8 Å². The Balaban J connectivity index is 1.61. The van der Waals surface area contributed by atoms with Gasteiger partial charge in [-0.25, -0.2) is 0 Å². The summed E-state index contributed by atoms with van der Waals surface area (Å²) in [5.74, 6) is 0.175. The molecule has 5 unspecified atom stereocenters. The molecule has 0 spiro atoms. The zero-order valence-electron chi connectivity index (χ0n) is 8.93. The molecule has 0 amide bonds. The summed E-state index contributed by atoms with van der Waals surface area (Å²) in [6, 6.07) is 0. The molecule has 5 heteroatoms. The van der Waals surface area contributed by atoms with E-state index in [1.807, 2.05) is 0 Å². The van der Waals surface area contributed by atoms with E-state index >= 15 is 0 Å². The first kappa shape index (κ1) is 11.2. The molecule has 2 bridgehead atoms. The lowest BCUT2D eigenvalue weighted by Gasteiger charge is -2.25. The SMILES string of the molecule is O=C1OCC2C3OC(CC3OCCCI)C12. The summed E-state index contributed by atoms with van der Waals surface area (Å²) in [6.07, 6.45) is 2.27. The first-order valence-electron chi connectivity index (χ1n) is 5.81. The first-order valence-corrected chi connectivity index (χ1v) is 7.33. The highest BCUT2D eigenvalue weighted by Gasteiger charge is 2.60. The summed E-state index contributed by atoms with van der Waals surface area (Å²) in [7, 11) is 0. The predicted molar refractivity (Wildman–Crippen MR) is 64.5 cm³/mol. The van der Waals surface area contributed by atoms with Crippen LogP contribution in [0.15, 0.2) is 0 Å². The Kier molecular flexibility index (Phi) is 3.10. The highest BCUT2D eigenvalue weighted by molar-refractivity contribution is 14.1. The van der Waals surface area contributed by atoms with Crippen LogP contribution in [-0.4, -0.2) is 41.9 Å². The van der Waals surface area contributed by atoms with Crippen LogP contribution < -0.4 is 0 Å². The van der Waals surface area contributed by atoms with Gasteiger partial charge in [-0.3, -0.25) is 4.79 Å². The molecule has 3 heterocycles. The predicted octanol–water partition coefficient (Wildman–Crippen LogP) is 1.16. The van der Waals surface area contributed by atoms with Gasteiger partial charge in [0.15, 0.2) is 0 Å². The number of rotatable bonds is 4. The monoisotopic (exact) mass is 338 g/mol. The quantitative estimate of drug-likeness (QED) is 0.334. The van der Waals surface area contributed by atoms with Crippen molar-refractivity contribution in [2.45, 2.75) is 31.2 Å². The Morgan fingerprint density at radius 1 is 1.50 bits per heavy atom. The third kappa shape index (κ3) is 1.67. The van der Waals surface area contributed by atoms with Crippen LogP contribution in [0.5, 0.6) is 0 Å². The molecule has 3 fully saturated rings. The molecule has 0 aromatic carbocycles. The van der Waals surface area contributed by atoms with Gasteiger partial charge in [-0.05, 0) is 6.42 Å². The van der Waals surface area contributed by atoms with Gasteiger partial charge in [-0.15, -0.1) is 0 Å². The van der Waals surface area contributed by atoms with Gasteiger partial charge in [0.25, 0.3) is 0 Å². The fraction of sp³-hybridized carbons (Fsp3) is 0.909. The topological polar surface area (TPSA) is 44.8 Å². The number of carbonyl (C=O) groups is 1. The number of esters is 1. The first-order chi connectivity index (χ1) is 7.81. The van der Waals surface area contributed by atoms with Crippen molar-refractivity contribution in [3.63, 3.8) is 0 Å². The second-order valence-electron chi connectivity index (χ2n) is 4.65. The maximum atomic E-state index is 11.5. The minimum Gasteiger partial charge on any atom is -0.465 e. The Labute approximate surface area is 108 Å². The van der Waals surface area contributed by atoms with E-state index in [2.05, 4.69) is 22.6 Å². The molecular formula is C11H15IO4. The number of hydrogen-bond donors (Lipinski definition) is 0. The van der Waals surface area contributed by atoms with Crippen molar-refractivity contribution in [3.05, 3.63) is 0 Å². The van der Waals surface area contributed by atoms with Crippen LogP contribution in [0.1, 0.15) is 12.8 Å². The van der Waals surface area contributed by atoms with Gasteiger partial charge in [0.05, 0.1) is 30.8 Å². The van der Waals surface area contributed by atoms with Crippen molar-refractivity contribution in [3.8, 4) is 0 Å². The molecule has 0 N–H and O–H groups in total. The lowest BCUT2D eigenvalue weighted by atomic mass is 9.80. The Morgan fingerprint density at radius 3 is 3.19 bits per heavy atom. The standard InChI is InChI=1S/C11H15IO4/c12-2-1-3-14-8-4-7-9-6(10(8)16-7)5-15-11(9)13/h6-10H,1-5H2. The molecule has 3 aliphatic rings. The van der Waals surface area contributed by atoms with E-state index < -0.39 is 0 Å². The van der Waals surface area contributed by atoms with Crippen LogP contribution in [-0.2, 0) is 19.0 Å². The van der Waals surface area contributed by atoms with Crippen molar-refractivity contribution in [1.29, 1.82) is 0 Å². The number of alkyl halides is 1. The number of fused-ring (bicyclic) bond motifs is 5. The Bertz CT molecular complexity index is 296. The molecule has 0 aliphatic carbocycles. The minimum absolute atomic E-state index is 0.00516. The fourth-order valence-corrected chi connectivity index (χ4v) is 3.36.